The molecule has 2 aromatic rings. The van der Waals surface area contributed by atoms with Crippen molar-refractivity contribution >= 4 is 29.0 Å². The van der Waals surface area contributed by atoms with Crippen LogP contribution in [0.15, 0.2) is 53.4 Å². The normalized spacial score (nSPS) is 10.5. The molecule has 0 saturated carbocycles. The van der Waals surface area contributed by atoms with Gasteiger partial charge < -0.3 is 10.6 Å². The zero-order valence-electron chi connectivity index (χ0n) is 12.9. The van der Waals surface area contributed by atoms with E-state index in [1.54, 1.807) is 30.3 Å². The van der Waals surface area contributed by atoms with E-state index in [2.05, 4.69) is 10.6 Å². The highest BCUT2D eigenvalue weighted by Crippen LogP contribution is 2.28. The van der Waals surface area contributed by atoms with E-state index >= 15 is 0 Å². The second-order valence-electron chi connectivity index (χ2n) is 4.83. The lowest BCUT2D eigenvalue weighted by atomic mass is 10.2. The van der Waals surface area contributed by atoms with Crippen LogP contribution in [0.4, 0.5) is 20.2 Å². The number of amides is 1. The lowest BCUT2D eigenvalue weighted by Crippen LogP contribution is -2.29. The van der Waals surface area contributed by atoms with E-state index in [0.717, 1.165) is 0 Å². The number of nitro groups is 1. The Morgan fingerprint density at radius 3 is 2.52 bits per heavy atom. The minimum absolute atomic E-state index is 0.0625. The molecule has 0 aromatic heterocycles. The number of nitrogens with zero attached hydrogens (tertiary/aromatic N) is 1. The van der Waals surface area contributed by atoms with Crippen LogP contribution in [0.25, 0.3) is 0 Å². The number of thioether (sulfide) groups is 1. The second kappa shape index (κ2) is 8.97. The molecule has 0 aliphatic carbocycles. The Labute approximate surface area is 146 Å². The number of carbonyl (C=O) groups excluding carboxylic acids is 1. The van der Waals surface area contributed by atoms with Crippen molar-refractivity contribution in [3.8, 4) is 0 Å². The van der Waals surface area contributed by atoms with Crippen LogP contribution in [0, 0.1) is 10.1 Å². The Hall–Kier alpha value is -2.68. The predicted octanol–water partition coefficient (Wildman–Crippen LogP) is 3.75. The van der Waals surface area contributed by atoms with Crippen molar-refractivity contribution in [2.24, 2.45) is 0 Å². The number of alkyl halides is 2. The number of para-hydroxylation sites is 2. The average molecular weight is 367 g/mol. The maximum atomic E-state index is 12.5. The molecule has 0 fully saturated rings. The number of nitro benzene ring substituents is 1. The largest absolute Gasteiger partial charge is 0.378 e. The number of carbonyl (C=O) groups is 1. The van der Waals surface area contributed by atoms with Crippen LogP contribution in [-0.4, -0.2) is 29.7 Å². The summed E-state index contributed by atoms with van der Waals surface area (Å²) in [6, 6.07) is 12.3. The zero-order chi connectivity index (χ0) is 18.2. The van der Waals surface area contributed by atoms with E-state index in [1.165, 1.54) is 18.2 Å². The summed E-state index contributed by atoms with van der Waals surface area (Å²) in [6.45, 7) is 0.430. The molecule has 0 atom stereocenters. The summed E-state index contributed by atoms with van der Waals surface area (Å²) < 4.78 is 25.1. The molecule has 0 spiro atoms. The molecule has 0 bridgehead atoms. The minimum Gasteiger partial charge on any atom is -0.378 e. The molecule has 9 heteroatoms. The number of nitrogens with one attached hydrogen (secondary N) is 2. The van der Waals surface area contributed by atoms with Gasteiger partial charge >= 0.3 is 0 Å². The monoisotopic (exact) mass is 367 g/mol. The highest BCUT2D eigenvalue weighted by molar-refractivity contribution is 7.99. The zero-order valence-corrected chi connectivity index (χ0v) is 13.8. The van der Waals surface area contributed by atoms with Crippen LogP contribution in [0.5, 0.6) is 0 Å². The minimum atomic E-state index is -2.62. The summed E-state index contributed by atoms with van der Waals surface area (Å²) >= 11 is 0.310. The third-order valence-electron chi connectivity index (χ3n) is 3.17. The fourth-order valence-corrected chi connectivity index (χ4v) is 2.74. The number of rotatable bonds is 8. The summed E-state index contributed by atoms with van der Waals surface area (Å²) in [6.07, 6.45) is 0. The summed E-state index contributed by atoms with van der Waals surface area (Å²) in [4.78, 5) is 22.7. The van der Waals surface area contributed by atoms with Gasteiger partial charge in [-0.25, -0.2) is 0 Å². The molecule has 0 aliphatic heterocycles. The van der Waals surface area contributed by atoms with Gasteiger partial charge in [0, 0.05) is 24.1 Å². The third kappa shape index (κ3) is 5.42. The van der Waals surface area contributed by atoms with E-state index in [9.17, 15) is 23.7 Å². The SMILES string of the molecule is O=C(NCCNc1ccccc1[N+](=O)[O-])c1ccccc1SC(F)F. The molecule has 25 heavy (non-hydrogen) atoms. The molecule has 1 amide bonds. The predicted molar refractivity (Wildman–Crippen MR) is 92.2 cm³/mol. The molecule has 0 heterocycles. The maximum absolute atomic E-state index is 12.5. The molecule has 132 valence electrons. The topological polar surface area (TPSA) is 84.3 Å². The van der Waals surface area contributed by atoms with Crippen molar-refractivity contribution < 1.29 is 18.5 Å². The molecular weight excluding hydrogens is 352 g/mol. The summed E-state index contributed by atoms with van der Waals surface area (Å²) in [5.74, 6) is -3.10. The highest BCUT2D eigenvalue weighted by Gasteiger charge is 2.15. The van der Waals surface area contributed by atoms with Crippen LogP contribution in [0.3, 0.4) is 0 Å². The Morgan fingerprint density at radius 2 is 1.80 bits per heavy atom. The number of hydrogen-bond acceptors (Lipinski definition) is 5. The second-order valence-corrected chi connectivity index (χ2v) is 5.86. The molecule has 6 nitrogen and oxygen atoms in total. The third-order valence-corrected chi connectivity index (χ3v) is 3.96. The number of hydrogen-bond donors (Lipinski definition) is 2. The van der Waals surface area contributed by atoms with Gasteiger partial charge in [-0.05, 0) is 18.2 Å². The van der Waals surface area contributed by atoms with E-state index in [4.69, 9.17) is 0 Å². The lowest BCUT2D eigenvalue weighted by molar-refractivity contribution is -0.384. The van der Waals surface area contributed by atoms with Gasteiger partial charge in [0.05, 0.1) is 10.5 Å². The Balaban J connectivity index is 1.91. The average Bonchev–Trinajstić information content (AvgIpc) is 2.58. The quantitative estimate of drug-likeness (QED) is 0.321. The first kappa shape index (κ1) is 18.7. The van der Waals surface area contributed by atoms with Crippen LogP contribution in [-0.2, 0) is 0 Å². The van der Waals surface area contributed by atoms with E-state index in [1.807, 2.05) is 0 Å². The lowest BCUT2D eigenvalue weighted by Gasteiger charge is -2.10. The standard InChI is InChI=1S/C16H15F2N3O3S/c17-16(18)25-14-8-4-1-5-11(14)15(22)20-10-9-19-12-6-2-3-7-13(12)21(23)24/h1-8,16,19H,9-10H2,(H,20,22). The van der Waals surface area contributed by atoms with Crippen molar-refractivity contribution in [2.45, 2.75) is 10.7 Å². The summed E-state index contributed by atoms with van der Waals surface area (Å²) in [5.41, 5.74) is 0.446. The molecule has 0 aliphatic rings. The van der Waals surface area contributed by atoms with Gasteiger partial charge in [0.2, 0.25) is 0 Å². The van der Waals surface area contributed by atoms with Gasteiger partial charge in [-0.1, -0.05) is 36.0 Å². The van der Waals surface area contributed by atoms with E-state index in [-0.39, 0.29) is 29.2 Å². The maximum Gasteiger partial charge on any atom is 0.292 e. The highest BCUT2D eigenvalue weighted by atomic mass is 32.2. The molecular formula is C16H15F2N3O3S. The number of anilines is 1. The molecule has 0 radical (unpaired) electrons. The van der Waals surface area contributed by atoms with Crippen LogP contribution >= 0.6 is 11.8 Å². The Bertz CT molecular complexity index is 759. The fraction of sp³-hybridized carbons (Fsp3) is 0.188. The van der Waals surface area contributed by atoms with Gasteiger partial charge in [0.15, 0.2) is 0 Å². The first-order valence-electron chi connectivity index (χ1n) is 7.28. The fourth-order valence-electron chi connectivity index (χ4n) is 2.10. The smallest absolute Gasteiger partial charge is 0.292 e. The van der Waals surface area contributed by atoms with Crippen molar-refractivity contribution in [3.63, 3.8) is 0 Å². The molecule has 2 aromatic carbocycles. The van der Waals surface area contributed by atoms with Gasteiger partial charge in [-0.15, -0.1) is 0 Å². The number of benzene rings is 2. The Kier molecular flexibility index (Phi) is 6.70. The van der Waals surface area contributed by atoms with Crippen molar-refractivity contribution in [3.05, 3.63) is 64.2 Å². The first-order chi connectivity index (χ1) is 12.0. The molecule has 0 unspecified atom stereocenters. The van der Waals surface area contributed by atoms with Crippen LogP contribution in [0.1, 0.15) is 10.4 Å². The van der Waals surface area contributed by atoms with Gasteiger partial charge in [-0.3, -0.25) is 14.9 Å². The van der Waals surface area contributed by atoms with Gasteiger partial charge in [0.25, 0.3) is 17.4 Å². The first-order valence-corrected chi connectivity index (χ1v) is 8.16. The number of halogens is 2. The van der Waals surface area contributed by atoms with E-state index < -0.39 is 16.6 Å². The van der Waals surface area contributed by atoms with Gasteiger partial charge in [-0.2, -0.15) is 8.78 Å². The Morgan fingerprint density at radius 1 is 1.12 bits per heavy atom. The van der Waals surface area contributed by atoms with Crippen LogP contribution in [0.2, 0.25) is 0 Å². The van der Waals surface area contributed by atoms with Crippen molar-refractivity contribution in [2.75, 3.05) is 18.4 Å². The van der Waals surface area contributed by atoms with Gasteiger partial charge in [0.1, 0.15) is 5.69 Å². The van der Waals surface area contributed by atoms with Crippen LogP contribution < -0.4 is 10.6 Å². The summed E-state index contributed by atoms with van der Waals surface area (Å²) in [5, 5.41) is 16.4. The summed E-state index contributed by atoms with van der Waals surface area (Å²) in [7, 11) is 0. The van der Waals surface area contributed by atoms with Crippen molar-refractivity contribution in [1.82, 2.24) is 5.32 Å². The molecule has 2 N–H and O–H groups in total. The van der Waals surface area contributed by atoms with Crippen molar-refractivity contribution in [1.29, 1.82) is 0 Å². The molecule has 2 rings (SSSR count). The molecule has 0 saturated heterocycles. The van der Waals surface area contributed by atoms with E-state index in [0.29, 0.717) is 17.4 Å².